The summed E-state index contributed by atoms with van der Waals surface area (Å²) in [6.45, 7) is 0.702. The molecule has 6 rings (SSSR count). The van der Waals surface area contributed by atoms with E-state index in [0.717, 1.165) is 60.4 Å². The van der Waals surface area contributed by atoms with Crippen LogP contribution in [-0.4, -0.2) is 33.2 Å². The Bertz CT molecular complexity index is 1190. The van der Waals surface area contributed by atoms with Crippen LogP contribution in [0.5, 0.6) is 11.5 Å². The first kappa shape index (κ1) is 20.8. The molecule has 0 unspecified atom stereocenters. The van der Waals surface area contributed by atoms with Gasteiger partial charge in [-0.05, 0) is 62.1 Å². The number of benzene rings is 2. The van der Waals surface area contributed by atoms with Crippen LogP contribution in [0.2, 0.25) is 5.02 Å². The van der Waals surface area contributed by atoms with E-state index in [1.807, 2.05) is 41.3 Å². The van der Waals surface area contributed by atoms with Gasteiger partial charge in [-0.15, -0.1) is 0 Å². The first-order chi connectivity index (χ1) is 16.2. The molecule has 3 aliphatic rings. The lowest BCUT2D eigenvalue weighted by Gasteiger charge is -2.30. The quantitative estimate of drug-likeness (QED) is 0.455. The summed E-state index contributed by atoms with van der Waals surface area (Å²) in [5.74, 6) is 2.32. The van der Waals surface area contributed by atoms with Gasteiger partial charge in [-0.25, -0.2) is 4.98 Å². The van der Waals surface area contributed by atoms with Gasteiger partial charge in [0.25, 0.3) is 5.91 Å². The molecule has 1 aliphatic heterocycles. The van der Waals surface area contributed by atoms with Gasteiger partial charge in [-0.3, -0.25) is 4.79 Å². The Hall–Kier alpha value is -2.73. The zero-order valence-corrected chi connectivity index (χ0v) is 19.4. The van der Waals surface area contributed by atoms with Crippen molar-refractivity contribution in [1.29, 1.82) is 0 Å². The minimum atomic E-state index is 0.0308. The van der Waals surface area contributed by atoms with E-state index in [4.69, 9.17) is 26.1 Å². The zero-order chi connectivity index (χ0) is 22.4. The van der Waals surface area contributed by atoms with Gasteiger partial charge in [0.1, 0.15) is 5.82 Å². The van der Waals surface area contributed by atoms with Crippen LogP contribution >= 0.6 is 11.6 Å². The molecule has 6 nitrogen and oxygen atoms in total. The van der Waals surface area contributed by atoms with Crippen molar-refractivity contribution in [2.45, 2.75) is 70.0 Å². The van der Waals surface area contributed by atoms with Crippen LogP contribution < -0.4 is 9.47 Å². The third kappa shape index (κ3) is 3.84. The average Bonchev–Trinajstić information content (AvgIpc) is 3.62. The van der Waals surface area contributed by atoms with Crippen LogP contribution in [0, 0.1) is 0 Å². The third-order valence-electron chi connectivity index (χ3n) is 7.37. The van der Waals surface area contributed by atoms with E-state index >= 15 is 0 Å². The molecule has 0 bridgehead atoms. The predicted molar refractivity (Wildman–Crippen MR) is 127 cm³/mol. The summed E-state index contributed by atoms with van der Waals surface area (Å²) in [6, 6.07) is 12.0. The van der Waals surface area contributed by atoms with Crippen LogP contribution in [0.25, 0.3) is 11.0 Å². The Morgan fingerprint density at radius 2 is 1.76 bits per heavy atom. The van der Waals surface area contributed by atoms with Gasteiger partial charge >= 0.3 is 0 Å². The molecule has 0 saturated heterocycles. The molecule has 172 valence electrons. The van der Waals surface area contributed by atoms with E-state index in [0.29, 0.717) is 29.6 Å². The summed E-state index contributed by atoms with van der Waals surface area (Å²) < 4.78 is 13.3. The van der Waals surface area contributed by atoms with Crippen LogP contribution in [0.15, 0.2) is 36.4 Å². The fourth-order valence-corrected chi connectivity index (χ4v) is 5.89. The molecule has 3 aromatic rings. The van der Waals surface area contributed by atoms with E-state index in [1.54, 1.807) is 0 Å². The lowest BCUT2D eigenvalue weighted by Crippen LogP contribution is -2.39. The number of fused-ring (bicyclic) bond motifs is 2. The number of hydrogen-bond acceptors (Lipinski definition) is 4. The molecule has 2 fully saturated rings. The smallest absolute Gasteiger partial charge is 0.254 e. The van der Waals surface area contributed by atoms with Gasteiger partial charge < -0.3 is 18.9 Å². The zero-order valence-electron chi connectivity index (χ0n) is 18.6. The highest BCUT2D eigenvalue weighted by atomic mass is 35.5. The van der Waals surface area contributed by atoms with Crippen molar-refractivity contribution < 1.29 is 14.3 Å². The molecule has 0 atom stereocenters. The number of halogens is 1. The topological polar surface area (TPSA) is 56.6 Å². The van der Waals surface area contributed by atoms with Gasteiger partial charge in [-0.1, -0.05) is 37.3 Å². The molecule has 7 heteroatoms. The number of rotatable bonds is 5. The van der Waals surface area contributed by atoms with E-state index < -0.39 is 0 Å². The Balaban J connectivity index is 1.39. The molecule has 1 amide bonds. The number of carbonyl (C=O) groups is 1. The molecule has 2 aromatic carbocycles. The monoisotopic (exact) mass is 465 g/mol. The molecule has 0 N–H and O–H groups in total. The summed E-state index contributed by atoms with van der Waals surface area (Å²) in [5.41, 5.74) is 2.66. The van der Waals surface area contributed by atoms with Crippen LogP contribution in [0.1, 0.15) is 73.6 Å². The van der Waals surface area contributed by atoms with Crippen molar-refractivity contribution in [3.63, 3.8) is 0 Å². The minimum Gasteiger partial charge on any atom is -0.454 e. The van der Waals surface area contributed by atoms with E-state index in [-0.39, 0.29) is 18.7 Å². The number of ether oxygens (including phenoxy) is 2. The maximum absolute atomic E-state index is 13.8. The van der Waals surface area contributed by atoms with Crippen molar-refractivity contribution in [3.8, 4) is 11.5 Å². The molecule has 0 radical (unpaired) electrons. The fraction of sp³-hybridized carbons (Fsp3) is 0.462. The van der Waals surface area contributed by atoms with Crippen LogP contribution in [0.3, 0.4) is 0 Å². The van der Waals surface area contributed by atoms with E-state index in [2.05, 4.69) is 4.57 Å². The molecule has 0 spiro atoms. The molecule has 2 aliphatic carbocycles. The maximum atomic E-state index is 13.8. The summed E-state index contributed by atoms with van der Waals surface area (Å²) in [4.78, 5) is 20.9. The highest BCUT2D eigenvalue weighted by molar-refractivity contribution is 6.31. The number of amides is 1. The number of nitrogens with zero attached hydrogens (tertiary/aromatic N) is 3. The number of aromatic nitrogens is 2. The molecular formula is C26H28ClN3O3. The van der Waals surface area contributed by atoms with Gasteiger partial charge in [0.2, 0.25) is 6.79 Å². The summed E-state index contributed by atoms with van der Waals surface area (Å²) in [7, 11) is 0. The highest BCUT2D eigenvalue weighted by Crippen LogP contribution is 2.37. The Kier molecular flexibility index (Phi) is 5.41. The lowest BCUT2D eigenvalue weighted by atomic mass is 10.1. The first-order valence-electron chi connectivity index (χ1n) is 12.0. The fourth-order valence-electron chi connectivity index (χ4n) is 5.73. The second kappa shape index (κ2) is 8.56. The lowest BCUT2D eigenvalue weighted by molar-refractivity contribution is 0.0655. The van der Waals surface area contributed by atoms with Gasteiger partial charge in [0, 0.05) is 22.7 Å². The van der Waals surface area contributed by atoms with Crippen molar-refractivity contribution in [2.75, 3.05) is 6.79 Å². The van der Waals surface area contributed by atoms with E-state index in [9.17, 15) is 4.79 Å². The molecule has 2 saturated carbocycles. The largest absolute Gasteiger partial charge is 0.454 e. The third-order valence-corrected chi connectivity index (χ3v) is 7.61. The number of imidazole rings is 1. The molecular weight excluding hydrogens is 438 g/mol. The molecule has 1 aromatic heterocycles. The van der Waals surface area contributed by atoms with E-state index in [1.165, 1.54) is 12.8 Å². The standard InChI is InChI=1S/C26H28ClN3O3/c27-18-10-11-21-22(14-18)30(20-7-3-4-8-20)25(28-21)15-29(19-5-1-2-6-19)26(31)17-9-12-23-24(13-17)33-16-32-23/h9-14,19-20H,1-8,15-16H2. The van der Waals surface area contributed by atoms with Crippen molar-refractivity contribution in [3.05, 3.63) is 52.8 Å². The normalized spacial score (nSPS) is 18.5. The maximum Gasteiger partial charge on any atom is 0.254 e. The summed E-state index contributed by atoms with van der Waals surface area (Å²) >= 11 is 6.37. The Morgan fingerprint density at radius 3 is 2.58 bits per heavy atom. The summed E-state index contributed by atoms with van der Waals surface area (Å²) in [6.07, 6.45) is 9.13. The first-order valence-corrected chi connectivity index (χ1v) is 12.4. The Labute approximate surface area is 198 Å². The van der Waals surface area contributed by atoms with Crippen molar-refractivity contribution in [1.82, 2.24) is 14.5 Å². The SMILES string of the molecule is O=C(c1ccc2c(c1)OCO2)N(Cc1nc2ccc(Cl)cc2n1C1CCCC1)C1CCCC1. The van der Waals surface area contributed by atoms with Crippen LogP contribution in [-0.2, 0) is 6.54 Å². The number of carbonyl (C=O) groups excluding carboxylic acids is 1. The minimum absolute atomic E-state index is 0.0308. The average molecular weight is 466 g/mol. The van der Waals surface area contributed by atoms with Crippen molar-refractivity contribution in [2.24, 2.45) is 0 Å². The van der Waals surface area contributed by atoms with Gasteiger partial charge in [-0.2, -0.15) is 0 Å². The summed E-state index contributed by atoms with van der Waals surface area (Å²) in [5, 5.41) is 0.720. The number of hydrogen-bond donors (Lipinski definition) is 0. The van der Waals surface area contributed by atoms with Gasteiger partial charge in [0.15, 0.2) is 11.5 Å². The predicted octanol–water partition coefficient (Wildman–Crippen LogP) is 6.12. The van der Waals surface area contributed by atoms with Crippen LogP contribution in [0.4, 0.5) is 0 Å². The second-order valence-corrected chi connectivity index (χ2v) is 9.85. The van der Waals surface area contributed by atoms with Gasteiger partial charge in [0.05, 0.1) is 17.6 Å². The molecule has 2 heterocycles. The highest BCUT2D eigenvalue weighted by Gasteiger charge is 2.31. The molecule has 33 heavy (non-hydrogen) atoms. The van der Waals surface area contributed by atoms with Crippen molar-refractivity contribution >= 4 is 28.5 Å². The Morgan fingerprint density at radius 1 is 1.00 bits per heavy atom. The second-order valence-electron chi connectivity index (χ2n) is 9.41.